The van der Waals surface area contributed by atoms with Gasteiger partial charge in [0.25, 0.3) is 5.91 Å². The second kappa shape index (κ2) is 10.1. The highest BCUT2D eigenvalue weighted by Gasteiger charge is 2.17. The number of nitrogens with two attached hydrogens (primary N) is 1. The Labute approximate surface area is 155 Å². The van der Waals surface area contributed by atoms with Crippen molar-refractivity contribution < 1.29 is 9.53 Å². The van der Waals surface area contributed by atoms with Crippen molar-refractivity contribution >= 4 is 30.7 Å². The summed E-state index contributed by atoms with van der Waals surface area (Å²) in [5, 5.41) is 0. The van der Waals surface area contributed by atoms with Crippen LogP contribution >= 0.6 is 24.8 Å². The molecule has 1 amide bonds. The number of methoxy groups -OCH3 is 1. The zero-order chi connectivity index (χ0) is 16.1. The molecule has 0 saturated heterocycles. The van der Waals surface area contributed by atoms with Gasteiger partial charge in [0.1, 0.15) is 5.75 Å². The van der Waals surface area contributed by atoms with Crippen LogP contribution in [0.2, 0.25) is 0 Å². The molecule has 0 saturated carbocycles. The highest BCUT2D eigenvalue weighted by Crippen LogP contribution is 2.22. The zero-order valence-electron chi connectivity index (χ0n) is 13.9. The second-order valence-electron chi connectivity index (χ2n) is 5.19. The third kappa shape index (κ3) is 5.09. The molecule has 0 bridgehead atoms. The molecule has 1 aromatic carbocycles. The predicted molar refractivity (Wildman–Crippen MR) is 101 cm³/mol. The normalized spacial score (nSPS) is 10.8. The van der Waals surface area contributed by atoms with Crippen LogP contribution in [-0.2, 0) is 0 Å². The quantitative estimate of drug-likeness (QED) is 0.876. The first-order valence-electron chi connectivity index (χ1n) is 7.13. The van der Waals surface area contributed by atoms with Crippen molar-refractivity contribution in [3.05, 3.63) is 48.3 Å². The minimum atomic E-state index is -0.0826. The number of amides is 1. The third-order valence-electron chi connectivity index (χ3n) is 3.73. The van der Waals surface area contributed by atoms with Gasteiger partial charge in [0.15, 0.2) is 0 Å². The Bertz CT molecular complexity index is 651. The molecule has 0 aliphatic heterocycles. The molecule has 2 aromatic rings. The van der Waals surface area contributed by atoms with Gasteiger partial charge < -0.3 is 15.4 Å². The van der Waals surface area contributed by atoms with Crippen molar-refractivity contribution in [2.24, 2.45) is 5.73 Å². The minimum absolute atomic E-state index is 0. The number of hydrogen-bond donors (Lipinski definition) is 1. The molecule has 0 fully saturated rings. The second-order valence-corrected chi connectivity index (χ2v) is 5.19. The number of ether oxygens (including phenoxy) is 1. The fraction of sp³-hybridized carbons (Fsp3) is 0.294. The van der Waals surface area contributed by atoms with E-state index in [2.05, 4.69) is 4.98 Å². The first-order chi connectivity index (χ1) is 10.6. The first-order valence-corrected chi connectivity index (χ1v) is 7.13. The van der Waals surface area contributed by atoms with Gasteiger partial charge in [-0.3, -0.25) is 9.78 Å². The van der Waals surface area contributed by atoms with E-state index in [-0.39, 0.29) is 36.8 Å². The van der Waals surface area contributed by atoms with E-state index in [4.69, 9.17) is 10.5 Å². The fourth-order valence-corrected chi connectivity index (χ4v) is 2.06. The Morgan fingerprint density at radius 1 is 1.21 bits per heavy atom. The number of aromatic nitrogens is 1. The molecule has 0 aliphatic rings. The van der Waals surface area contributed by atoms with Gasteiger partial charge in [-0.15, -0.1) is 24.8 Å². The molecular formula is C17H23Cl2N3O2. The minimum Gasteiger partial charge on any atom is -0.497 e. The van der Waals surface area contributed by atoms with Crippen LogP contribution in [0, 0.1) is 0 Å². The summed E-state index contributed by atoms with van der Waals surface area (Å²) >= 11 is 0. The molecule has 7 heteroatoms. The Morgan fingerprint density at radius 2 is 1.83 bits per heavy atom. The van der Waals surface area contributed by atoms with Gasteiger partial charge in [-0.1, -0.05) is 12.1 Å². The summed E-state index contributed by atoms with van der Waals surface area (Å²) in [6, 6.07) is 9.47. The topological polar surface area (TPSA) is 68.5 Å². The van der Waals surface area contributed by atoms with E-state index in [1.54, 1.807) is 31.5 Å². The maximum absolute atomic E-state index is 12.4. The summed E-state index contributed by atoms with van der Waals surface area (Å²) in [4.78, 5) is 18.3. The van der Waals surface area contributed by atoms with E-state index in [9.17, 15) is 4.79 Å². The Kier molecular flexibility index (Phi) is 9.36. The highest BCUT2D eigenvalue weighted by atomic mass is 35.5. The van der Waals surface area contributed by atoms with Crippen LogP contribution in [-0.4, -0.2) is 42.5 Å². The summed E-state index contributed by atoms with van der Waals surface area (Å²) in [6.07, 6.45) is 3.32. The number of halogens is 2. The maximum Gasteiger partial charge on any atom is 0.255 e. The van der Waals surface area contributed by atoms with Crippen LogP contribution in [0.4, 0.5) is 0 Å². The van der Waals surface area contributed by atoms with Gasteiger partial charge in [-0.2, -0.15) is 0 Å². The lowest BCUT2D eigenvalue weighted by Gasteiger charge is -2.23. The molecule has 24 heavy (non-hydrogen) atoms. The van der Waals surface area contributed by atoms with Gasteiger partial charge in [0, 0.05) is 37.6 Å². The van der Waals surface area contributed by atoms with Crippen molar-refractivity contribution in [2.45, 2.75) is 13.0 Å². The van der Waals surface area contributed by atoms with E-state index >= 15 is 0 Å². The average molecular weight is 372 g/mol. The van der Waals surface area contributed by atoms with Gasteiger partial charge in [-0.05, 0) is 30.7 Å². The molecule has 1 unspecified atom stereocenters. The van der Waals surface area contributed by atoms with E-state index in [0.29, 0.717) is 12.1 Å². The van der Waals surface area contributed by atoms with E-state index in [1.165, 1.54) is 0 Å². The SMILES string of the molecule is COc1ccc(-c2cncc(C(=O)N(C)C(C)CN)c2)cc1.Cl.Cl. The first kappa shape index (κ1) is 22.2. The molecule has 0 radical (unpaired) electrons. The molecule has 5 nitrogen and oxygen atoms in total. The maximum atomic E-state index is 12.4. The highest BCUT2D eigenvalue weighted by molar-refractivity contribution is 5.95. The predicted octanol–water partition coefficient (Wildman–Crippen LogP) is 3.02. The Balaban J connectivity index is 0.00000264. The largest absolute Gasteiger partial charge is 0.497 e. The number of rotatable bonds is 5. The van der Waals surface area contributed by atoms with Gasteiger partial charge in [0.05, 0.1) is 12.7 Å². The number of carbonyl (C=O) groups is 1. The molecule has 1 aromatic heterocycles. The number of benzene rings is 1. The lowest BCUT2D eigenvalue weighted by atomic mass is 10.1. The summed E-state index contributed by atoms with van der Waals surface area (Å²) in [7, 11) is 3.38. The van der Waals surface area contributed by atoms with Gasteiger partial charge in [0.2, 0.25) is 0 Å². The lowest BCUT2D eigenvalue weighted by molar-refractivity contribution is 0.0748. The number of carbonyl (C=O) groups excluding carboxylic acids is 1. The molecular weight excluding hydrogens is 349 g/mol. The van der Waals surface area contributed by atoms with Crippen LogP contribution in [0.1, 0.15) is 17.3 Å². The van der Waals surface area contributed by atoms with Crippen molar-refractivity contribution in [1.29, 1.82) is 0 Å². The Morgan fingerprint density at radius 3 is 2.38 bits per heavy atom. The van der Waals surface area contributed by atoms with Gasteiger partial charge in [-0.25, -0.2) is 0 Å². The zero-order valence-corrected chi connectivity index (χ0v) is 15.6. The van der Waals surface area contributed by atoms with Crippen LogP contribution in [0.5, 0.6) is 5.75 Å². The van der Waals surface area contributed by atoms with Crippen molar-refractivity contribution in [3.8, 4) is 16.9 Å². The number of likely N-dealkylation sites (N-methyl/N-ethyl adjacent to an activating group) is 1. The fourth-order valence-electron chi connectivity index (χ4n) is 2.06. The molecule has 0 aliphatic carbocycles. The van der Waals surface area contributed by atoms with Crippen LogP contribution in [0.3, 0.4) is 0 Å². The van der Waals surface area contributed by atoms with E-state index in [0.717, 1.165) is 16.9 Å². The molecule has 132 valence electrons. The average Bonchev–Trinajstić information content (AvgIpc) is 2.59. The molecule has 0 spiro atoms. The third-order valence-corrected chi connectivity index (χ3v) is 3.73. The van der Waals surface area contributed by atoms with Crippen molar-refractivity contribution in [3.63, 3.8) is 0 Å². The van der Waals surface area contributed by atoms with Crippen LogP contribution < -0.4 is 10.5 Å². The molecule has 1 atom stereocenters. The molecule has 2 N–H and O–H groups in total. The molecule has 2 rings (SSSR count). The van der Waals surface area contributed by atoms with E-state index < -0.39 is 0 Å². The van der Waals surface area contributed by atoms with Crippen molar-refractivity contribution in [2.75, 3.05) is 20.7 Å². The Hall–Kier alpha value is -1.82. The number of nitrogens with zero attached hydrogens (tertiary/aromatic N) is 2. The summed E-state index contributed by atoms with van der Waals surface area (Å²) < 4.78 is 5.15. The standard InChI is InChI=1S/C17H21N3O2.2ClH/c1-12(9-18)20(2)17(21)15-8-14(10-19-11-15)13-4-6-16(22-3)7-5-13;;/h4-8,10-12H,9,18H2,1-3H3;2*1H. The van der Waals surface area contributed by atoms with Crippen molar-refractivity contribution in [1.82, 2.24) is 9.88 Å². The summed E-state index contributed by atoms with van der Waals surface area (Å²) in [6.45, 7) is 2.34. The number of pyridine rings is 1. The van der Waals surface area contributed by atoms with Gasteiger partial charge >= 0.3 is 0 Å². The summed E-state index contributed by atoms with van der Waals surface area (Å²) in [5.74, 6) is 0.709. The van der Waals surface area contributed by atoms with E-state index in [1.807, 2.05) is 37.3 Å². The number of hydrogen-bond acceptors (Lipinski definition) is 4. The smallest absolute Gasteiger partial charge is 0.255 e. The van der Waals surface area contributed by atoms with Crippen LogP contribution in [0.25, 0.3) is 11.1 Å². The molecule has 1 heterocycles. The van der Waals surface area contributed by atoms with Crippen LogP contribution in [0.15, 0.2) is 42.7 Å². The summed E-state index contributed by atoms with van der Waals surface area (Å²) in [5.41, 5.74) is 8.04. The monoisotopic (exact) mass is 371 g/mol. The lowest BCUT2D eigenvalue weighted by Crippen LogP contribution is -2.39.